The largest absolute Gasteiger partial charge is 0.408 e. The second kappa shape index (κ2) is 5.06. The van der Waals surface area contributed by atoms with E-state index in [1.807, 2.05) is 0 Å². The first kappa shape index (κ1) is 11.6. The lowest BCUT2D eigenvalue weighted by Gasteiger charge is -2.13. The van der Waals surface area contributed by atoms with Gasteiger partial charge < -0.3 is 9.73 Å². The van der Waals surface area contributed by atoms with Gasteiger partial charge in [-0.15, -0.1) is 5.10 Å². The number of amides is 1. The van der Waals surface area contributed by atoms with Crippen LogP contribution in [-0.2, 0) is 4.79 Å². The number of hydrogen-bond acceptors (Lipinski definition) is 5. The van der Waals surface area contributed by atoms with Crippen LogP contribution in [0.3, 0.4) is 0 Å². The molecule has 0 spiro atoms. The predicted molar refractivity (Wildman–Crippen MR) is 65.2 cm³/mol. The van der Waals surface area contributed by atoms with E-state index in [9.17, 15) is 4.79 Å². The molecule has 3 rings (SSSR count). The van der Waals surface area contributed by atoms with Crippen LogP contribution in [0.5, 0.6) is 0 Å². The van der Waals surface area contributed by atoms with Crippen LogP contribution in [0.1, 0.15) is 50.3 Å². The Morgan fingerprint density at radius 2 is 2.11 bits per heavy atom. The van der Waals surface area contributed by atoms with E-state index in [4.69, 9.17) is 4.42 Å². The van der Waals surface area contributed by atoms with Crippen molar-refractivity contribution in [1.82, 2.24) is 15.5 Å². The summed E-state index contributed by atoms with van der Waals surface area (Å²) < 4.78 is 5.42. The van der Waals surface area contributed by atoms with Gasteiger partial charge in [0.1, 0.15) is 0 Å². The molecule has 1 aliphatic heterocycles. The van der Waals surface area contributed by atoms with Gasteiger partial charge in [0.15, 0.2) is 0 Å². The van der Waals surface area contributed by atoms with Gasteiger partial charge >= 0.3 is 6.01 Å². The van der Waals surface area contributed by atoms with Crippen molar-refractivity contribution in [1.29, 1.82) is 0 Å². The van der Waals surface area contributed by atoms with E-state index < -0.39 is 0 Å². The maximum absolute atomic E-state index is 12.0. The van der Waals surface area contributed by atoms with Crippen molar-refractivity contribution in [2.24, 2.45) is 0 Å². The van der Waals surface area contributed by atoms with Crippen LogP contribution in [0.2, 0.25) is 0 Å². The van der Waals surface area contributed by atoms with Gasteiger partial charge in [0, 0.05) is 5.92 Å². The highest BCUT2D eigenvalue weighted by Crippen LogP contribution is 2.39. The number of hydrogen-bond donors (Lipinski definition) is 2. The average molecular weight is 250 g/mol. The summed E-state index contributed by atoms with van der Waals surface area (Å²) in [5, 5.41) is 13.7. The Balaban J connectivity index is 1.58. The van der Waals surface area contributed by atoms with Crippen molar-refractivity contribution < 1.29 is 9.21 Å². The van der Waals surface area contributed by atoms with Crippen LogP contribution in [0.15, 0.2) is 4.42 Å². The summed E-state index contributed by atoms with van der Waals surface area (Å²) in [6, 6.07) is 0.0942. The molecule has 18 heavy (non-hydrogen) atoms. The van der Waals surface area contributed by atoms with Crippen LogP contribution < -0.4 is 10.6 Å². The topological polar surface area (TPSA) is 80.1 Å². The van der Waals surface area contributed by atoms with E-state index >= 15 is 0 Å². The van der Waals surface area contributed by atoms with Gasteiger partial charge in [0.2, 0.25) is 11.8 Å². The van der Waals surface area contributed by atoms with Gasteiger partial charge in [-0.05, 0) is 32.2 Å². The molecule has 1 saturated heterocycles. The molecule has 2 N–H and O–H groups in total. The number of nitrogens with zero attached hydrogens (tertiary/aromatic N) is 2. The molecule has 1 atom stereocenters. The third-order valence-electron chi connectivity index (χ3n) is 3.47. The summed E-state index contributed by atoms with van der Waals surface area (Å²) in [6.45, 7) is 0.898. The molecule has 1 aromatic heterocycles. The van der Waals surface area contributed by atoms with Crippen LogP contribution in [0.4, 0.5) is 6.01 Å². The molecule has 1 amide bonds. The quantitative estimate of drug-likeness (QED) is 0.848. The molecule has 1 aromatic rings. The smallest absolute Gasteiger partial charge is 0.322 e. The standard InChI is InChI=1S/C12H18N4O2/c17-10(9-4-2-1-3-7-13-9)14-12-16-15-11(18-12)8-5-6-8/h8-9,13H,1-7H2,(H,14,16,17)/t9-/m1/s1. The van der Waals surface area contributed by atoms with E-state index in [1.165, 1.54) is 6.42 Å². The lowest BCUT2D eigenvalue weighted by molar-refractivity contribution is -0.118. The highest BCUT2D eigenvalue weighted by atomic mass is 16.4. The molecule has 6 nitrogen and oxygen atoms in total. The Hall–Kier alpha value is -1.43. The van der Waals surface area contributed by atoms with Crippen molar-refractivity contribution in [2.75, 3.05) is 11.9 Å². The van der Waals surface area contributed by atoms with E-state index in [-0.39, 0.29) is 18.0 Å². The molecular formula is C12H18N4O2. The van der Waals surface area contributed by atoms with Gasteiger partial charge in [-0.25, -0.2) is 0 Å². The first-order valence-corrected chi connectivity index (χ1v) is 6.70. The molecule has 2 heterocycles. The molecule has 0 radical (unpaired) electrons. The third kappa shape index (κ3) is 2.69. The molecule has 0 bridgehead atoms. The molecule has 1 saturated carbocycles. The summed E-state index contributed by atoms with van der Waals surface area (Å²) in [5.41, 5.74) is 0. The highest BCUT2D eigenvalue weighted by molar-refractivity contribution is 5.93. The van der Waals surface area contributed by atoms with E-state index in [0.717, 1.165) is 38.6 Å². The molecule has 6 heteroatoms. The van der Waals surface area contributed by atoms with Gasteiger partial charge in [-0.2, -0.15) is 0 Å². The maximum atomic E-state index is 12.0. The Kier molecular flexibility index (Phi) is 3.27. The molecule has 1 aliphatic carbocycles. The maximum Gasteiger partial charge on any atom is 0.322 e. The van der Waals surface area contributed by atoms with Gasteiger partial charge in [-0.3, -0.25) is 10.1 Å². The number of carbonyl (C=O) groups excluding carboxylic acids is 1. The molecule has 0 unspecified atom stereocenters. The molecule has 0 aromatic carbocycles. The van der Waals surface area contributed by atoms with E-state index in [0.29, 0.717) is 11.8 Å². The zero-order chi connectivity index (χ0) is 12.4. The molecule has 98 valence electrons. The zero-order valence-corrected chi connectivity index (χ0v) is 10.3. The van der Waals surface area contributed by atoms with Crippen molar-refractivity contribution in [3.05, 3.63) is 5.89 Å². The molecular weight excluding hydrogens is 232 g/mol. The normalized spacial score (nSPS) is 24.6. The van der Waals surface area contributed by atoms with Crippen molar-refractivity contribution in [3.8, 4) is 0 Å². The lowest BCUT2D eigenvalue weighted by Crippen LogP contribution is -2.39. The SMILES string of the molecule is O=C(Nc1nnc(C2CC2)o1)[C@H]1CCCCCN1. The minimum atomic E-state index is -0.135. The van der Waals surface area contributed by atoms with Crippen molar-refractivity contribution >= 4 is 11.9 Å². The van der Waals surface area contributed by atoms with Crippen LogP contribution in [0.25, 0.3) is 0 Å². The summed E-state index contributed by atoms with van der Waals surface area (Å²) >= 11 is 0. The van der Waals surface area contributed by atoms with E-state index in [1.54, 1.807) is 0 Å². The Morgan fingerprint density at radius 3 is 2.94 bits per heavy atom. The number of carbonyl (C=O) groups is 1. The van der Waals surface area contributed by atoms with Crippen LogP contribution in [0, 0.1) is 0 Å². The molecule has 2 aliphatic rings. The fourth-order valence-electron chi connectivity index (χ4n) is 2.23. The fraction of sp³-hybridized carbons (Fsp3) is 0.750. The number of aromatic nitrogens is 2. The summed E-state index contributed by atoms with van der Waals surface area (Å²) in [4.78, 5) is 12.0. The van der Waals surface area contributed by atoms with Crippen LogP contribution in [-0.4, -0.2) is 28.7 Å². The minimum Gasteiger partial charge on any atom is -0.408 e. The summed E-state index contributed by atoms with van der Waals surface area (Å²) in [6.07, 6.45) is 6.50. The molecule has 2 fully saturated rings. The van der Waals surface area contributed by atoms with Gasteiger partial charge in [0.05, 0.1) is 6.04 Å². The first-order valence-electron chi connectivity index (χ1n) is 6.70. The summed E-state index contributed by atoms with van der Waals surface area (Å²) in [5.74, 6) is 1.00. The second-order valence-electron chi connectivity index (χ2n) is 5.07. The lowest BCUT2D eigenvalue weighted by atomic mass is 10.1. The van der Waals surface area contributed by atoms with E-state index in [2.05, 4.69) is 20.8 Å². The van der Waals surface area contributed by atoms with Crippen LogP contribution >= 0.6 is 0 Å². The second-order valence-corrected chi connectivity index (χ2v) is 5.07. The Labute approximate surface area is 106 Å². The Bertz CT molecular complexity index is 419. The zero-order valence-electron chi connectivity index (χ0n) is 10.3. The average Bonchev–Trinajstić information content (AvgIpc) is 3.16. The Morgan fingerprint density at radius 1 is 1.22 bits per heavy atom. The third-order valence-corrected chi connectivity index (χ3v) is 3.47. The van der Waals surface area contributed by atoms with Crippen molar-refractivity contribution in [3.63, 3.8) is 0 Å². The highest BCUT2D eigenvalue weighted by Gasteiger charge is 2.30. The predicted octanol–water partition coefficient (Wildman–Crippen LogP) is 1.42. The minimum absolute atomic E-state index is 0.0668. The van der Waals surface area contributed by atoms with Gasteiger partial charge in [0.25, 0.3) is 0 Å². The van der Waals surface area contributed by atoms with Crippen molar-refractivity contribution in [2.45, 2.75) is 50.5 Å². The number of rotatable bonds is 3. The monoisotopic (exact) mass is 250 g/mol. The number of nitrogens with one attached hydrogen (secondary N) is 2. The fourth-order valence-corrected chi connectivity index (χ4v) is 2.23. The van der Waals surface area contributed by atoms with Gasteiger partial charge in [-0.1, -0.05) is 17.9 Å². The number of anilines is 1. The first-order chi connectivity index (χ1) is 8.83. The summed E-state index contributed by atoms with van der Waals surface area (Å²) in [7, 11) is 0.